The highest BCUT2D eigenvalue weighted by Crippen LogP contribution is 2.23. The molecule has 1 aliphatic rings. The molecule has 5 nitrogen and oxygen atoms in total. The number of carbonyl (C=O) groups is 1. The predicted molar refractivity (Wildman–Crippen MR) is 116 cm³/mol. The summed E-state index contributed by atoms with van der Waals surface area (Å²) in [5, 5.41) is 3.83. The summed E-state index contributed by atoms with van der Waals surface area (Å²) in [6.45, 7) is 2.42. The molecule has 1 amide bonds. The largest absolute Gasteiger partial charge is 0.494 e. The second kappa shape index (κ2) is 11.0. The Morgan fingerprint density at radius 3 is 2.24 bits per heavy atom. The van der Waals surface area contributed by atoms with E-state index < -0.39 is 5.63 Å². The van der Waals surface area contributed by atoms with Crippen molar-refractivity contribution in [3.05, 3.63) is 40.2 Å². The lowest BCUT2D eigenvalue weighted by atomic mass is 9.97. The fraction of sp³-hybridized carbons (Fsp3) is 0.583. The average Bonchev–Trinajstić information content (AvgIpc) is 2.69. The van der Waals surface area contributed by atoms with E-state index in [1.807, 2.05) is 6.92 Å². The summed E-state index contributed by atoms with van der Waals surface area (Å²) < 4.78 is 10.8. The van der Waals surface area contributed by atoms with Gasteiger partial charge in [0, 0.05) is 23.6 Å². The van der Waals surface area contributed by atoms with Gasteiger partial charge < -0.3 is 14.5 Å². The van der Waals surface area contributed by atoms with Gasteiger partial charge in [-0.3, -0.25) is 4.79 Å². The maximum absolute atomic E-state index is 13.0. The maximum atomic E-state index is 13.0. The van der Waals surface area contributed by atoms with Crippen LogP contribution in [0.5, 0.6) is 5.75 Å². The highest BCUT2D eigenvalue weighted by molar-refractivity contribution is 6.05. The number of nitrogens with one attached hydrogen (secondary N) is 1. The van der Waals surface area contributed by atoms with E-state index in [0.717, 1.165) is 25.7 Å². The lowest BCUT2D eigenvalue weighted by Crippen LogP contribution is -2.35. The van der Waals surface area contributed by atoms with Gasteiger partial charge in [-0.25, -0.2) is 4.79 Å². The summed E-state index contributed by atoms with van der Waals surface area (Å²) in [4.78, 5) is 25.1. The van der Waals surface area contributed by atoms with Gasteiger partial charge in [0.05, 0.1) is 12.2 Å². The summed E-state index contributed by atoms with van der Waals surface area (Å²) in [6.07, 6.45) is 13.3. The molecule has 1 saturated carbocycles. The predicted octanol–water partition coefficient (Wildman–Crippen LogP) is 5.59. The van der Waals surface area contributed by atoms with E-state index in [1.165, 1.54) is 51.0 Å². The van der Waals surface area contributed by atoms with Crippen molar-refractivity contribution in [2.45, 2.75) is 83.6 Å². The van der Waals surface area contributed by atoms with E-state index in [9.17, 15) is 9.59 Å². The van der Waals surface area contributed by atoms with Crippen LogP contribution in [0, 0.1) is 0 Å². The van der Waals surface area contributed by atoms with Crippen molar-refractivity contribution in [1.29, 1.82) is 0 Å². The fourth-order valence-corrected chi connectivity index (χ4v) is 4.16. The van der Waals surface area contributed by atoms with E-state index in [2.05, 4.69) is 5.32 Å². The van der Waals surface area contributed by atoms with Crippen LogP contribution in [0.3, 0.4) is 0 Å². The molecule has 1 heterocycles. The summed E-state index contributed by atoms with van der Waals surface area (Å²) in [5.74, 6) is 0.434. The van der Waals surface area contributed by atoms with E-state index in [4.69, 9.17) is 9.15 Å². The molecule has 5 heteroatoms. The molecule has 0 bridgehead atoms. The van der Waals surface area contributed by atoms with Crippen LogP contribution < -0.4 is 15.7 Å². The van der Waals surface area contributed by atoms with Gasteiger partial charge in [-0.15, -0.1) is 0 Å². The first-order chi connectivity index (χ1) is 14.2. The Bertz CT molecular complexity index is 846. The third kappa shape index (κ3) is 6.34. The molecule has 0 unspecified atom stereocenters. The van der Waals surface area contributed by atoms with Crippen LogP contribution in [0.2, 0.25) is 0 Å². The minimum Gasteiger partial charge on any atom is -0.494 e. The van der Waals surface area contributed by atoms with E-state index in [0.29, 0.717) is 28.9 Å². The standard InChI is InChI=1S/C24H33NO4/c1-2-28-19-14-15-20-21(17-23(26)29-22(20)16-19)24(27)25-18-12-10-8-6-4-3-5-7-9-11-13-18/h14-18H,2-13H2,1H3,(H,25,27). The number of ether oxygens (including phenoxy) is 1. The first-order valence-electron chi connectivity index (χ1n) is 11.2. The van der Waals surface area contributed by atoms with Crippen molar-refractivity contribution in [2.24, 2.45) is 0 Å². The molecule has 1 aromatic carbocycles. The topological polar surface area (TPSA) is 68.5 Å². The molecule has 1 N–H and O–H groups in total. The molecular weight excluding hydrogens is 366 g/mol. The Morgan fingerprint density at radius 2 is 1.62 bits per heavy atom. The first-order valence-corrected chi connectivity index (χ1v) is 11.2. The van der Waals surface area contributed by atoms with Gasteiger partial charge in [0.25, 0.3) is 5.91 Å². The van der Waals surface area contributed by atoms with E-state index in [-0.39, 0.29) is 11.9 Å². The minimum atomic E-state index is -0.519. The third-order valence-electron chi connectivity index (χ3n) is 5.71. The lowest BCUT2D eigenvalue weighted by molar-refractivity contribution is 0.0932. The van der Waals surface area contributed by atoms with E-state index >= 15 is 0 Å². The van der Waals surface area contributed by atoms with Crippen LogP contribution >= 0.6 is 0 Å². The number of carbonyl (C=O) groups excluding carboxylic acids is 1. The van der Waals surface area contributed by atoms with Crippen LogP contribution in [0.25, 0.3) is 11.0 Å². The average molecular weight is 400 g/mol. The van der Waals surface area contributed by atoms with E-state index in [1.54, 1.807) is 18.2 Å². The SMILES string of the molecule is CCOc1ccc2c(C(=O)NC3CCCCCCCCCCC3)cc(=O)oc2c1. The highest BCUT2D eigenvalue weighted by Gasteiger charge is 2.18. The fourth-order valence-electron chi connectivity index (χ4n) is 4.16. The van der Waals surface area contributed by atoms with Crippen molar-refractivity contribution in [1.82, 2.24) is 5.32 Å². The Balaban J connectivity index is 1.75. The quantitative estimate of drug-likeness (QED) is 0.680. The second-order valence-corrected chi connectivity index (χ2v) is 8.00. The van der Waals surface area contributed by atoms with Crippen LogP contribution in [0.15, 0.2) is 33.5 Å². The van der Waals surface area contributed by atoms with Crippen LogP contribution in [0.4, 0.5) is 0 Å². The molecule has 29 heavy (non-hydrogen) atoms. The number of benzene rings is 1. The minimum absolute atomic E-state index is 0.159. The number of hydrogen-bond acceptors (Lipinski definition) is 4. The molecule has 0 spiro atoms. The molecule has 0 saturated heterocycles. The van der Waals surface area contributed by atoms with Crippen LogP contribution in [-0.4, -0.2) is 18.6 Å². The molecule has 1 aromatic heterocycles. The summed E-state index contributed by atoms with van der Waals surface area (Å²) in [5.41, 5.74) is 0.243. The lowest BCUT2D eigenvalue weighted by Gasteiger charge is -2.20. The Kier molecular flexibility index (Phi) is 8.14. The zero-order valence-electron chi connectivity index (χ0n) is 17.5. The Hall–Kier alpha value is -2.30. The zero-order chi connectivity index (χ0) is 20.5. The van der Waals surface area contributed by atoms with Gasteiger partial charge in [0.1, 0.15) is 11.3 Å². The molecule has 0 aliphatic heterocycles. The first kappa shape index (κ1) is 21.4. The molecule has 1 aliphatic carbocycles. The van der Waals surface area contributed by atoms with Crippen molar-refractivity contribution in [3.63, 3.8) is 0 Å². The number of amides is 1. The van der Waals surface area contributed by atoms with Crippen molar-refractivity contribution in [3.8, 4) is 5.75 Å². The molecule has 1 fully saturated rings. The van der Waals surface area contributed by atoms with Gasteiger partial charge >= 0.3 is 5.63 Å². The Labute approximate surface area is 172 Å². The number of fused-ring (bicyclic) bond motifs is 1. The van der Waals surface area contributed by atoms with Gasteiger partial charge in [-0.05, 0) is 31.9 Å². The van der Waals surface area contributed by atoms with Gasteiger partial charge in [-0.2, -0.15) is 0 Å². The van der Waals surface area contributed by atoms with Crippen LogP contribution in [0.1, 0.15) is 87.9 Å². The molecule has 0 atom stereocenters. The number of rotatable bonds is 4. The molecular formula is C24H33NO4. The normalized spacial score (nSPS) is 17.3. The molecule has 158 valence electrons. The van der Waals surface area contributed by atoms with Crippen LogP contribution in [-0.2, 0) is 0 Å². The van der Waals surface area contributed by atoms with Crippen molar-refractivity contribution in [2.75, 3.05) is 6.61 Å². The smallest absolute Gasteiger partial charge is 0.337 e. The molecule has 0 radical (unpaired) electrons. The molecule has 3 rings (SSSR count). The zero-order valence-corrected chi connectivity index (χ0v) is 17.5. The van der Waals surface area contributed by atoms with Gasteiger partial charge in [0.2, 0.25) is 0 Å². The summed E-state index contributed by atoms with van der Waals surface area (Å²) >= 11 is 0. The molecule has 2 aromatic rings. The third-order valence-corrected chi connectivity index (χ3v) is 5.71. The highest BCUT2D eigenvalue weighted by atomic mass is 16.5. The van der Waals surface area contributed by atoms with Gasteiger partial charge in [0.15, 0.2) is 0 Å². The second-order valence-electron chi connectivity index (χ2n) is 8.00. The number of hydrogen-bond donors (Lipinski definition) is 1. The maximum Gasteiger partial charge on any atom is 0.337 e. The van der Waals surface area contributed by atoms with Crippen molar-refractivity contribution >= 4 is 16.9 Å². The Morgan fingerprint density at radius 1 is 1.00 bits per heavy atom. The summed E-state index contributed by atoms with van der Waals surface area (Å²) in [6, 6.07) is 6.73. The van der Waals surface area contributed by atoms with Crippen molar-refractivity contribution < 1.29 is 13.9 Å². The monoisotopic (exact) mass is 399 g/mol. The summed E-state index contributed by atoms with van der Waals surface area (Å²) in [7, 11) is 0. The van der Waals surface area contributed by atoms with Gasteiger partial charge in [-0.1, -0.05) is 57.8 Å².